The lowest BCUT2D eigenvalue weighted by Gasteiger charge is -2.20. The average molecular weight is 248 g/mol. The van der Waals surface area contributed by atoms with Crippen LogP contribution in [0, 0.1) is 34.3 Å². The Morgan fingerprint density at radius 2 is 1.06 bits per heavy atom. The largest absolute Gasteiger partial charge is 0.202 e. The molecular weight excluding hydrogens is 234 g/mol. The van der Waals surface area contributed by atoms with Gasteiger partial charge in [-0.1, -0.05) is 27.7 Å². The van der Waals surface area contributed by atoms with E-state index >= 15 is 0 Å². The molecule has 0 amide bonds. The van der Waals surface area contributed by atoms with Crippen LogP contribution < -0.4 is 0 Å². The van der Waals surface area contributed by atoms with Crippen molar-refractivity contribution in [3.63, 3.8) is 0 Å². The van der Waals surface area contributed by atoms with Gasteiger partial charge in [-0.3, -0.25) is 0 Å². The summed E-state index contributed by atoms with van der Waals surface area (Å²) in [4.78, 5) is 0. The summed E-state index contributed by atoms with van der Waals surface area (Å²) in [5, 5.41) is 18.0. The summed E-state index contributed by atoms with van der Waals surface area (Å²) < 4.78 is 27.5. The van der Waals surface area contributed by atoms with Gasteiger partial charge in [-0.2, -0.15) is 10.5 Å². The lowest BCUT2D eigenvalue weighted by atomic mass is 9.83. The van der Waals surface area contributed by atoms with Crippen LogP contribution >= 0.6 is 0 Å². The van der Waals surface area contributed by atoms with Crippen LogP contribution in [0.4, 0.5) is 8.78 Å². The van der Waals surface area contributed by atoms with Crippen LogP contribution in [0.2, 0.25) is 0 Å². The summed E-state index contributed by atoms with van der Waals surface area (Å²) in [6.45, 7) is 7.17. The molecule has 1 aromatic carbocycles. The maximum absolute atomic E-state index is 13.8. The number of nitriles is 2. The Hall–Kier alpha value is -1.94. The Labute approximate surface area is 105 Å². The molecule has 4 heteroatoms. The van der Waals surface area contributed by atoms with E-state index in [1.165, 1.54) is 0 Å². The molecule has 0 bridgehead atoms. The van der Waals surface area contributed by atoms with E-state index in [9.17, 15) is 8.78 Å². The summed E-state index contributed by atoms with van der Waals surface area (Å²) >= 11 is 0. The third kappa shape index (κ3) is 2.07. The van der Waals surface area contributed by atoms with Gasteiger partial charge in [-0.25, -0.2) is 8.78 Å². The summed E-state index contributed by atoms with van der Waals surface area (Å²) in [6.07, 6.45) is 0. The van der Waals surface area contributed by atoms with Crippen molar-refractivity contribution in [3.05, 3.63) is 33.9 Å². The first-order chi connectivity index (χ1) is 8.36. The predicted octanol–water partition coefficient (Wildman–Crippen LogP) is 3.95. The maximum Gasteiger partial charge on any atom is 0.178 e. The third-order valence-corrected chi connectivity index (χ3v) is 2.84. The third-order valence-electron chi connectivity index (χ3n) is 2.84. The second-order valence-electron chi connectivity index (χ2n) is 4.74. The van der Waals surface area contributed by atoms with Gasteiger partial charge in [0.25, 0.3) is 0 Å². The quantitative estimate of drug-likeness (QED) is 0.795. The minimum Gasteiger partial charge on any atom is -0.202 e. The molecule has 0 aliphatic heterocycles. The Morgan fingerprint density at radius 1 is 0.778 bits per heavy atom. The van der Waals surface area contributed by atoms with Gasteiger partial charge in [-0.05, 0) is 23.0 Å². The molecule has 0 aliphatic carbocycles. The van der Waals surface area contributed by atoms with E-state index in [0.29, 0.717) is 11.1 Å². The van der Waals surface area contributed by atoms with Gasteiger partial charge in [0.15, 0.2) is 11.6 Å². The van der Waals surface area contributed by atoms with E-state index in [4.69, 9.17) is 10.5 Å². The second-order valence-corrected chi connectivity index (χ2v) is 4.74. The molecular formula is C14H14F2N2. The molecule has 0 spiro atoms. The molecule has 0 aliphatic rings. The topological polar surface area (TPSA) is 47.6 Å². The molecule has 0 unspecified atom stereocenters. The molecule has 1 rings (SSSR count). The van der Waals surface area contributed by atoms with Crippen molar-refractivity contribution in [1.82, 2.24) is 0 Å². The molecule has 0 saturated carbocycles. The van der Waals surface area contributed by atoms with Crippen LogP contribution in [0.25, 0.3) is 0 Å². The zero-order chi connectivity index (χ0) is 14.0. The number of benzene rings is 1. The Bertz CT molecular complexity index is 510. The van der Waals surface area contributed by atoms with E-state index in [0.717, 1.165) is 0 Å². The SMILES string of the molecule is CC(C)c1c(C#N)c(F)c(F)c(C#N)c1C(C)C. The van der Waals surface area contributed by atoms with Crippen molar-refractivity contribution >= 4 is 0 Å². The summed E-state index contributed by atoms with van der Waals surface area (Å²) in [5.41, 5.74) is 0.293. The Kier molecular flexibility index (Phi) is 4.03. The molecule has 0 fully saturated rings. The van der Waals surface area contributed by atoms with Crippen molar-refractivity contribution in [1.29, 1.82) is 10.5 Å². The van der Waals surface area contributed by atoms with Gasteiger partial charge in [0.2, 0.25) is 0 Å². The van der Waals surface area contributed by atoms with Crippen molar-refractivity contribution in [2.24, 2.45) is 0 Å². The highest BCUT2D eigenvalue weighted by Gasteiger charge is 2.27. The number of hydrogen-bond donors (Lipinski definition) is 0. The van der Waals surface area contributed by atoms with Crippen LogP contribution in [0.15, 0.2) is 0 Å². The first-order valence-corrected chi connectivity index (χ1v) is 5.71. The van der Waals surface area contributed by atoms with E-state index in [1.807, 2.05) is 0 Å². The first kappa shape index (κ1) is 14.1. The van der Waals surface area contributed by atoms with Gasteiger partial charge < -0.3 is 0 Å². The zero-order valence-electron chi connectivity index (χ0n) is 10.8. The molecule has 18 heavy (non-hydrogen) atoms. The average Bonchev–Trinajstić information content (AvgIpc) is 2.30. The number of halogens is 2. The monoisotopic (exact) mass is 248 g/mol. The minimum absolute atomic E-state index is 0.153. The van der Waals surface area contributed by atoms with Gasteiger partial charge in [0, 0.05) is 0 Å². The highest BCUT2D eigenvalue weighted by Crippen LogP contribution is 2.35. The van der Waals surface area contributed by atoms with Crippen molar-refractivity contribution in [2.45, 2.75) is 39.5 Å². The van der Waals surface area contributed by atoms with Gasteiger partial charge in [0.1, 0.15) is 12.1 Å². The molecule has 0 N–H and O–H groups in total. The lowest BCUT2D eigenvalue weighted by Crippen LogP contribution is -2.10. The Balaban J connectivity index is 3.94. The highest BCUT2D eigenvalue weighted by atomic mass is 19.2. The normalized spacial score (nSPS) is 10.6. The molecule has 0 radical (unpaired) electrons. The summed E-state index contributed by atoms with van der Waals surface area (Å²) in [5.74, 6) is -2.75. The summed E-state index contributed by atoms with van der Waals surface area (Å²) in [6, 6.07) is 3.42. The predicted molar refractivity (Wildman–Crippen MR) is 64.0 cm³/mol. The Morgan fingerprint density at radius 3 is 1.22 bits per heavy atom. The lowest BCUT2D eigenvalue weighted by molar-refractivity contribution is 0.497. The van der Waals surface area contributed by atoms with Gasteiger partial charge in [0.05, 0.1) is 11.1 Å². The number of nitrogens with zero attached hydrogens (tertiary/aromatic N) is 2. The molecule has 94 valence electrons. The highest BCUT2D eigenvalue weighted by molar-refractivity contribution is 5.55. The second kappa shape index (κ2) is 5.14. The maximum atomic E-state index is 13.8. The van der Waals surface area contributed by atoms with Gasteiger partial charge >= 0.3 is 0 Å². The van der Waals surface area contributed by atoms with E-state index in [1.54, 1.807) is 39.8 Å². The van der Waals surface area contributed by atoms with Crippen LogP contribution in [0.1, 0.15) is 61.8 Å². The smallest absolute Gasteiger partial charge is 0.178 e. The van der Waals surface area contributed by atoms with Crippen LogP contribution in [0.5, 0.6) is 0 Å². The molecule has 0 atom stereocenters. The van der Waals surface area contributed by atoms with Gasteiger partial charge in [-0.15, -0.1) is 0 Å². The van der Waals surface area contributed by atoms with Crippen molar-refractivity contribution < 1.29 is 8.78 Å². The minimum atomic E-state index is -1.22. The van der Waals surface area contributed by atoms with E-state index < -0.39 is 11.6 Å². The zero-order valence-corrected chi connectivity index (χ0v) is 10.8. The van der Waals surface area contributed by atoms with E-state index in [-0.39, 0.29) is 23.0 Å². The number of rotatable bonds is 2. The van der Waals surface area contributed by atoms with Crippen LogP contribution in [-0.2, 0) is 0 Å². The molecule has 1 aromatic rings. The number of hydrogen-bond acceptors (Lipinski definition) is 2. The van der Waals surface area contributed by atoms with Crippen molar-refractivity contribution in [3.8, 4) is 12.1 Å². The molecule has 0 heterocycles. The standard InChI is InChI=1S/C14H14F2N2/c1-7(2)11-9(5-17)13(15)14(16)10(6-18)12(11)8(3)4/h7-8H,1-4H3. The fourth-order valence-electron chi connectivity index (χ4n) is 2.14. The van der Waals surface area contributed by atoms with Crippen LogP contribution in [0.3, 0.4) is 0 Å². The molecule has 0 saturated heterocycles. The molecule has 0 aromatic heterocycles. The first-order valence-electron chi connectivity index (χ1n) is 5.71. The van der Waals surface area contributed by atoms with Crippen LogP contribution in [-0.4, -0.2) is 0 Å². The van der Waals surface area contributed by atoms with Crippen molar-refractivity contribution in [2.75, 3.05) is 0 Å². The fraction of sp³-hybridized carbons (Fsp3) is 0.429. The van der Waals surface area contributed by atoms with E-state index in [2.05, 4.69) is 0 Å². The molecule has 2 nitrogen and oxygen atoms in total. The summed E-state index contributed by atoms with van der Waals surface area (Å²) in [7, 11) is 0. The fourth-order valence-corrected chi connectivity index (χ4v) is 2.14.